The molecule has 0 aliphatic carbocycles. The number of amides is 2. The number of aryl methyl sites for hydroxylation is 1. The molecule has 0 spiro atoms. The molecule has 0 atom stereocenters. The van der Waals surface area contributed by atoms with Crippen LogP contribution < -0.4 is 17.2 Å². The largest absolute Gasteiger partial charge is 0.369 e. The molecule has 0 bridgehead atoms. The van der Waals surface area contributed by atoms with Gasteiger partial charge in [-0.1, -0.05) is 12.1 Å². The SMILES string of the molecule is Cc1cc(CN)ccc1S(=O)(=O)N(CC(N)=O)CC(N)=O. The lowest BCUT2D eigenvalue weighted by Crippen LogP contribution is -2.43. The van der Waals surface area contributed by atoms with Gasteiger partial charge in [0, 0.05) is 6.54 Å². The molecule has 9 heteroatoms. The van der Waals surface area contributed by atoms with Crippen molar-refractivity contribution < 1.29 is 18.0 Å². The highest BCUT2D eigenvalue weighted by Crippen LogP contribution is 2.20. The standard InChI is InChI=1S/C12H18N4O4S/c1-8-4-9(5-13)2-3-10(8)21(19,20)16(6-11(14)17)7-12(15)18/h2-4H,5-7,13H2,1H3,(H2,14,17)(H2,15,18). The van der Waals surface area contributed by atoms with E-state index in [-0.39, 0.29) is 11.4 Å². The number of hydrogen-bond donors (Lipinski definition) is 3. The van der Waals surface area contributed by atoms with Gasteiger partial charge < -0.3 is 17.2 Å². The minimum absolute atomic E-state index is 0.0257. The smallest absolute Gasteiger partial charge is 0.244 e. The summed E-state index contributed by atoms with van der Waals surface area (Å²) in [4.78, 5) is 22.0. The number of nitrogens with two attached hydrogens (primary N) is 3. The fourth-order valence-corrected chi connectivity index (χ4v) is 3.42. The maximum absolute atomic E-state index is 12.5. The lowest BCUT2D eigenvalue weighted by atomic mass is 10.1. The molecule has 6 N–H and O–H groups in total. The fourth-order valence-electron chi connectivity index (χ4n) is 1.84. The van der Waals surface area contributed by atoms with Crippen molar-refractivity contribution in [2.75, 3.05) is 13.1 Å². The first-order valence-electron chi connectivity index (χ1n) is 6.05. The van der Waals surface area contributed by atoms with Gasteiger partial charge in [0.05, 0.1) is 18.0 Å². The molecule has 1 aromatic rings. The van der Waals surface area contributed by atoms with E-state index in [1.54, 1.807) is 19.1 Å². The summed E-state index contributed by atoms with van der Waals surface area (Å²) in [6, 6.07) is 4.56. The first-order chi connectivity index (χ1) is 9.68. The van der Waals surface area contributed by atoms with E-state index in [1.807, 2.05) is 0 Å². The maximum Gasteiger partial charge on any atom is 0.244 e. The molecule has 0 saturated heterocycles. The van der Waals surface area contributed by atoms with Crippen LogP contribution in [-0.2, 0) is 26.2 Å². The van der Waals surface area contributed by atoms with Crippen LogP contribution in [-0.4, -0.2) is 37.6 Å². The van der Waals surface area contributed by atoms with E-state index >= 15 is 0 Å². The Balaban J connectivity index is 3.27. The molecule has 8 nitrogen and oxygen atoms in total. The van der Waals surface area contributed by atoms with Gasteiger partial charge in [0.15, 0.2) is 0 Å². The van der Waals surface area contributed by atoms with E-state index in [4.69, 9.17) is 17.2 Å². The molecule has 0 aliphatic heterocycles. The van der Waals surface area contributed by atoms with Crippen LogP contribution in [0.2, 0.25) is 0 Å². The van der Waals surface area contributed by atoms with Gasteiger partial charge in [0.25, 0.3) is 0 Å². The Morgan fingerprint density at radius 3 is 2.05 bits per heavy atom. The quantitative estimate of drug-likeness (QED) is 0.555. The Bertz CT molecular complexity index is 641. The minimum Gasteiger partial charge on any atom is -0.369 e. The van der Waals surface area contributed by atoms with Crippen LogP contribution in [0.15, 0.2) is 23.1 Å². The predicted octanol–water partition coefficient (Wildman–Crippen LogP) is -1.58. The highest BCUT2D eigenvalue weighted by atomic mass is 32.2. The third kappa shape index (κ3) is 4.25. The number of primary amides is 2. The molecule has 0 fully saturated rings. The molecule has 1 aromatic carbocycles. The van der Waals surface area contributed by atoms with Gasteiger partial charge in [0.1, 0.15) is 0 Å². The number of rotatable bonds is 7. The van der Waals surface area contributed by atoms with Crippen molar-refractivity contribution in [1.82, 2.24) is 4.31 Å². The predicted molar refractivity (Wildman–Crippen MR) is 76.2 cm³/mol. The van der Waals surface area contributed by atoms with Crippen LogP contribution >= 0.6 is 0 Å². The van der Waals surface area contributed by atoms with Gasteiger partial charge in [0.2, 0.25) is 21.8 Å². The van der Waals surface area contributed by atoms with Crippen LogP contribution in [0, 0.1) is 6.92 Å². The summed E-state index contributed by atoms with van der Waals surface area (Å²) in [7, 11) is -4.06. The van der Waals surface area contributed by atoms with Crippen LogP contribution in [0.25, 0.3) is 0 Å². The van der Waals surface area contributed by atoms with Crippen molar-refractivity contribution in [1.29, 1.82) is 0 Å². The molecule has 0 unspecified atom stereocenters. The Labute approximate surface area is 122 Å². The Kier molecular flexibility index (Phi) is 5.41. The van der Waals surface area contributed by atoms with Crippen LogP contribution in [0.3, 0.4) is 0 Å². The molecule has 0 radical (unpaired) electrons. The van der Waals surface area contributed by atoms with E-state index in [9.17, 15) is 18.0 Å². The van der Waals surface area contributed by atoms with E-state index in [2.05, 4.69) is 0 Å². The van der Waals surface area contributed by atoms with Crippen LogP contribution in [0.1, 0.15) is 11.1 Å². The zero-order chi connectivity index (χ0) is 16.2. The zero-order valence-corrected chi connectivity index (χ0v) is 12.4. The maximum atomic E-state index is 12.5. The van der Waals surface area contributed by atoms with Gasteiger partial charge in [-0.05, 0) is 24.1 Å². The van der Waals surface area contributed by atoms with E-state index in [1.165, 1.54) is 6.07 Å². The lowest BCUT2D eigenvalue weighted by Gasteiger charge is -2.20. The number of sulfonamides is 1. The fraction of sp³-hybridized carbons (Fsp3) is 0.333. The second-order valence-corrected chi connectivity index (χ2v) is 6.42. The molecule has 1 rings (SSSR count). The molecule has 0 aromatic heterocycles. The molecule has 2 amide bonds. The van der Waals surface area contributed by atoms with Gasteiger partial charge in [-0.2, -0.15) is 4.31 Å². The topological polar surface area (TPSA) is 150 Å². The molecular weight excluding hydrogens is 296 g/mol. The normalized spacial score (nSPS) is 11.6. The molecule has 0 aliphatic rings. The lowest BCUT2D eigenvalue weighted by molar-refractivity contribution is -0.120. The third-order valence-electron chi connectivity index (χ3n) is 2.76. The second-order valence-electron chi connectivity index (χ2n) is 4.51. The molecular formula is C12H18N4O4S. The van der Waals surface area contributed by atoms with Crippen LogP contribution in [0.4, 0.5) is 0 Å². The highest BCUT2D eigenvalue weighted by Gasteiger charge is 2.28. The van der Waals surface area contributed by atoms with Crippen molar-refractivity contribution in [3.63, 3.8) is 0 Å². The van der Waals surface area contributed by atoms with E-state index in [0.29, 0.717) is 9.87 Å². The van der Waals surface area contributed by atoms with Crippen LogP contribution in [0.5, 0.6) is 0 Å². The number of carbonyl (C=O) groups excluding carboxylic acids is 2. The van der Waals surface area contributed by atoms with E-state index in [0.717, 1.165) is 5.56 Å². The van der Waals surface area contributed by atoms with Crippen molar-refractivity contribution >= 4 is 21.8 Å². The zero-order valence-electron chi connectivity index (χ0n) is 11.6. The van der Waals surface area contributed by atoms with Crippen molar-refractivity contribution in [2.45, 2.75) is 18.4 Å². The first kappa shape index (κ1) is 17.1. The van der Waals surface area contributed by atoms with Gasteiger partial charge in [-0.3, -0.25) is 9.59 Å². The molecule has 21 heavy (non-hydrogen) atoms. The average Bonchev–Trinajstić information content (AvgIpc) is 2.36. The van der Waals surface area contributed by atoms with Gasteiger partial charge in [-0.15, -0.1) is 0 Å². The number of hydrogen-bond acceptors (Lipinski definition) is 5. The highest BCUT2D eigenvalue weighted by molar-refractivity contribution is 7.89. The summed E-state index contributed by atoms with van der Waals surface area (Å²) in [6.07, 6.45) is 0. The summed E-state index contributed by atoms with van der Waals surface area (Å²) in [6.45, 7) is 0.624. The summed E-state index contributed by atoms with van der Waals surface area (Å²) in [5, 5.41) is 0. The van der Waals surface area contributed by atoms with Crippen molar-refractivity contribution in [3.05, 3.63) is 29.3 Å². The summed E-state index contributed by atoms with van der Waals surface area (Å²) >= 11 is 0. The molecule has 0 saturated carbocycles. The Hall–Kier alpha value is -1.97. The van der Waals surface area contributed by atoms with Crippen molar-refractivity contribution in [2.24, 2.45) is 17.2 Å². The second kappa shape index (κ2) is 6.66. The van der Waals surface area contributed by atoms with Gasteiger partial charge >= 0.3 is 0 Å². The summed E-state index contributed by atoms with van der Waals surface area (Å²) < 4.78 is 25.7. The monoisotopic (exact) mass is 314 g/mol. The Morgan fingerprint density at radius 2 is 1.67 bits per heavy atom. The van der Waals surface area contributed by atoms with E-state index < -0.39 is 34.9 Å². The van der Waals surface area contributed by atoms with Crippen molar-refractivity contribution in [3.8, 4) is 0 Å². The number of nitrogens with zero attached hydrogens (tertiary/aromatic N) is 1. The average molecular weight is 314 g/mol. The molecule has 116 valence electrons. The van der Waals surface area contributed by atoms with Gasteiger partial charge in [-0.25, -0.2) is 8.42 Å². The first-order valence-corrected chi connectivity index (χ1v) is 7.49. The Morgan fingerprint density at radius 1 is 1.14 bits per heavy atom. The summed E-state index contributed by atoms with van der Waals surface area (Å²) in [5.74, 6) is -1.76. The summed E-state index contributed by atoms with van der Waals surface area (Å²) in [5.41, 5.74) is 16.7. The third-order valence-corrected chi connectivity index (χ3v) is 4.71. The number of carbonyl (C=O) groups is 2. The number of benzene rings is 1. The molecule has 0 heterocycles. The minimum atomic E-state index is -4.06.